The largest absolute Gasteiger partial charge is 0.508 e. The van der Waals surface area contributed by atoms with E-state index in [9.17, 15) is 14.7 Å². The Morgan fingerprint density at radius 2 is 1.91 bits per heavy atom. The van der Waals surface area contributed by atoms with Crippen LogP contribution in [0.5, 0.6) is 5.75 Å². The molecular formula is C14H21N3O4S. The van der Waals surface area contributed by atoms with Crippen LogP contribution in [0.3, 0.4) is 0 Å². The first-order valence-electron chi connectivity index (χ1n) is 6.86. The molecule has 7 nitrogen and oxygen atoms in total. The number of thioether (sulfide) groups is 1. The lowest BCUT2D eigenvalue weighted by Crippen LogP contribution is -2.52. The molecule has 0 fully saturated rings. The lowest BCUT2D eigenvalue weighted by molar-refractivity contribution is -0.131. The summed E-state index contributed by atoms with van der Waals surface area (Å²) in [5.41, 5.74) is 10.3. The number of hydrogen-bond donors (Lipinski definition) is 5. The first-order chi connectivity index (χ1) is 10.5. The average molecular weight is 327 g/mol. The standard InChI is InChI=1S/C14H21N3O4S/c1-2-22-8-7-11(15)12(19)14(21)17-16-13(20)9-3-5-10(18)6-4-9/h3-6,11-12,18-19H,2,7-8,15H2,1H3,(H,16,20)(H,17,21)/t11-,12?/m1/s1. The molecule has 0 saturated carbocycles. The zero-order valence-corrected chi connectivity index (χ0v) is 13.1. The lowest BCUT2D eigenvalue weighted by Gasteiger charge is -2.18. The average Bonchev–Trinajstić information content (AvgIpc) is 2.52. The SMILES string of the molecule is CCSCC[C@@H](N)C(O)C(=O)NNC(=O)c1ccc(O)cc1. The highest BCUT2D eigenvalue weighted by molar-refractivity contribution is 7.99. The van der Waals surface area contributed by atoms with Crippen molar-refractivity contribution in [2.75, 3.05) is 11.5 Å². The molecule has 2 atom stereocenters. The van der Waals surface area contributed by atoms with Gasteiger partial charge in [-0.15, -0.1) is 0 Å². The second-order valence-electron chi connectivity index (χ2n) is 4.58. The molecule has 0 bridgehead atoms. The zero-order valence-electron chi connectivity index (χ0n) is 12.3. The number of phenolic OH excluding ortho intramolecular Hbond substituents is 1. The number of carbonyl (C=O) groups is 2. The van der Waals surface area contributed by atoms with Crippen LogP contribution in [0.4, 0.5) is 0 Å². The van der Waals surface area contributed by atoms with Crippen molar-refractivity contribution in [3.63, 3.8) is 0 Å². The molecule has 0 aliphatic rings. The number of phenols is 1. The van der Waals surface area contributed by atoms with Crippen LogP contribution < -0.4 is 16.6 Å². The summed E-state index contributed by atoms with van der Waals surface area (Å²) in [4.78, 5) is 23.4. The predicted octanol–water partition coefficient (Wildman–Crippen LogP) is -0.0154. The van der Waals surface area contributed by atoms with Crippen LogP contribution in [0.25, 0.3) is 0 Å². The van der Waals surface area contributed by atoms with Gasteiger partial charge in [0.1, 0.15) is 11.9 Å². The second kappa shape index (κ2) is 9.29. The van der Waals surface area contributed by atoms with Crippen LogP contribution in [0.15, 0.2) is 24.3 Å². The number of nitrogens with one attached hydrogen (secondary N) is 2. The summed E-state index contributed by atoms with van der Waals surface area (Å²) in [6.07, 6.45) is -0.892. The number of aromatic hydroxyl groups is 1. The first-order valence-corrected chi connectivity index (χ1v) is 8.01. The smallest absolute Gasteiger partial charge is 0.269 e. The Hall–Kier alpha value is -1.77. The van der Waals surface area contributed by atoms with Crippen LogP contribution in [0.1, 0.15) is 23.7 Å². The molecule has 2 amide bonds. The van der Waals surface area contributed by atoms with Gasteiger partial charge in [-0.05, 0) is 42.2 Å². The van der Waals surface area contributed by atoms with Crippen molar-refractivity contribution >= 4 is 23.6 Å². The van der Waals surface area contributed by atoms with Crippen molar-refractivity contribution in [3.05, 3.63) is 29.8 Å². The third-order valence-electron chi connectivity index (χ3n) is 2.90. The van der Waals surface area contributed by atoms with Gasteiger partial charge in [-0.2, -0.15) is 11.8 Å². The van der Waals surface area contributed by atoms with Gasteiger partial charge in [0.25, 0.3) is 11.8 Å². The number of aliphatic hydroxyl groups excluding tert-OH is 1. The Bertz CT molecular complexity index is 495. The van der Waals surface area contributed by atoms with Crippen LogP contribution in [0.2, 0.25) is 0 Å². The van der Waals surface area contributed by atoms with Gasteiger partial charge >= 0.3 is 0 Å². The zero-order chi connectivity index (χ0) is 16.5. The second-order valence-corrected chi connectivity index (χ2v) is 5.98. The fourth-order valence-electron chi connectivity index (χ4n) is 1.59. The van der Waals surface area contributed by atoms with Crippen molar-refractivity contribution in [1.29, 1.82) is 0 Å². The summed E-state index contributed by atoms with van der Waals surface area (Å²) in [6.45, 7) is 2.01. The summed E-state index contributed by atoms with van der Waals surface area (Å²) in [5, 5.41) is 18.9. The van der Waals surface area contributed by atoms with E-state index in [1.807, 2.05) is 6.92 Å². The van der Waals surface area contributed by atoms with Gasteiger partial charge in [0.05, 0.1) is 0 Å². The molecule has 0 saturated heterocycles. The van der Waals surface area contributed by atoms with E-state index < -0.39 is 24.0 Å². The molecule has 6 N–H and O–H groups in total. The molecule has 1 unspecified atom stereocenters. The molecular weight excluding hydrogens is 306 g/mol. The molecule has 1 aromatic rings. The van der Waals surface area contributed by atoms with Crippen LogP contribution in [0, 0.1) is 0 Å². The highest BCUT2D eigenvalue weighted by Crippen LogP contribution is 2.09. The van der Waals surface area contributed by atoms with Crippen LogP contribution in [-0.2, 0) is 4.79 Å². The minimum atomic E-state index is -1.39. The number of amides is 2. The topological polar surface area (TPSA) is 125 Å². The summed E-state index contributed by atoms with van der Waals surface area (Å²) in [7, 11) is 0. The van der Waals surface area contributed by atoms with Gasteiger partial charge in [0, 0.05) is 11.6 Å². The molecule has 8 heteroatoms. The molecule has 22 heavy (non-hydrogen) atoms. The molecule has 0 aromatic heterocycles. The highest BCUT2D eigenvalue weighted by atomic mass is 32.2. The number of hydrazine groups is 1. The Kier molecular flexibility index (Phi) is 7.72. The maximum Gasteiger partial charge on any atom is 0.269 e. The van der Waals surface area contributed by atoms with Crippen molar-refractivity contribution in [2.45, 2.75) is 25.5 Å². The Labute approximate surface area is 133 Å². The van der Waals surface area contributed by atoms with Crippen LogP contribution in [-0.4, -0.2) is 45.7 Å². The van der Waals surface area contributed by atoms with Crippen molar-refractivity contribution in [1.82, 2.24) is 10.9 Å². The molecule has 0 aliphatic carbocycles. The van der Waals surface area contributed by atoms with Gasteiger partial charge in [0.15, 0.2) is 0 Å². The van der Waals surface area contributed by atoms with Gasteiger partial charge in [-0.3, -0.25) is 20.4 Å². The Balaban J connectivity index is 2.41. The van der Waals surface area contributed by atoms with Gasteiger partial charge < -0.3 is 15.9 Å². The number of hydrogen-bond acceptors (Lipinski definition) is 6. The van der Waals surface area contributed by atoms with Crippen molar-refractivity contribution < 1.29 is 19.8 Å². The van der Waals surface area contributed by atoms with Crippen LogP contribution >= 0.6 is 11.8 Å². The fraction of sp³-hybridized carbons (Fsp3) is 0.429. The molecule has 0 heterocycles. The third kappa shape index (κ3) is 5.92. The minimum absolute atomic E-state index is 0.0342. The van der Waals surface area contributed by atoms with Gasteiger partial charge in [0.2, 0.25) is 0 Å². The van der Waals surface area contributed by atoms with Crippen molar-refractivity contribution in [3.8, 4) is 5.75 Å². The van der Waals surface area contributed by atoms with E-state index in [-0.39, 0.29) is 11.3 Å². The van der Waals surface area contributed by atoms with E-state index in [0.717, 1.165) is 11.5 Å². The minimum Gasteiger partial charge on any atom is -0.508 e. The predicted molar refractivity (Wildman–Crippen MR) is 85.3 cm³/mol. The summed E-state index contributed by atoms with van der Waals surface area (Å²) < 4.78 is 0. The van der Waals surface area contributed by atoms with E-state index in [2.05, 4.69) is 10.9 Å². The number of benzene rings is 1. The maximum absolute atomic E-state index is 11.7. The monoisotopic (exact) mass is 327 g/mol. The molecule has 0 aliphatic heterocycles. The lowest BCUT2D eigenvalue weighted by atomic mass is 10.1. The van der Waals surface area contributed by atoms with E-state index >= 15 is 0 Å². The van der Waals surface area contributed by atoms with E-state index in [1.165, 1.54) is 24.3 Å². The summed E-state index contributed by atoms with van der Waals surface area (Å²) in [5.74, 6) is 0.406. The van der Waals surface area contributed by atoms with E-state index in [1.54, 1.807) is 11.8 Å². The summed E-state index contributed by atoms with van der Waals surface area (Å²) in [6, 6.07) is 4.83. The Morgan fingerprint density at radius 3 is 2.50 bits per heavy atom. The van der Waals surface area contributed by atoms with E-state index in [4.69, 9.17) is 10.8 Å². The third-order valence-corrected chi connectivity index (χ3v) is 3.84. The Morgan fingerprint density at radius 1 is 1.27 bits per heavy atom. The van der Waals surface area contributed by atoms with Gasteiger partial charge in [-0.1, -0.05) is 6.92 Å². The number of nitrogens with two attached hydrogens (primary N) is 1. The van der Waals surface area contributed by atoms with Gasteiger partial charge in [-0.25, -0.2) is 0 Å². The highest BCUT2D eigenvalue weighted by Gasteiger charge is 2.23. The summed E-state index contributed by atoms with van der Waals surface area (Å²) >= 11 is 1.67. The quantitative estimate of drug-likeness (QED) is 0.354. The molecule has 0 spiro atoms. The van der Waals surface area contributed by atoms with Crippen molar-refractivity contribution in [2.24, 2.45) is 5.73 Å². The first kappa shape index (κ1) is 18.3. The molecule has 1 rings (SSSR count). The fourth-order valence-corrected chi connectivity index (χ4v) is 2.32. The maximum atomic E-state index is 11.7. The molecule has 122 valence electrons. The van der Waals surface area contributed by atoms with E-state index in [0.29, 0.717) is 6.42 Å². The number of carbonyl (C=O) groups excluding carboxylic acids is 2. The number of rotatable bonds is 7. The molecule has 0 radical (unpaired) electrons. The normalized spacial score (nSPS) is 13.2. The molecule has 1 aromatic carbocycles. The number of aliphatic hydroxyl groups is 1.